The van der Waals surface area contributed by atoms with Crippen LogP contribution in [-0.2, 0) is 0 Å². The van der Waals surface area contributed by atoms with Crippen LogP contribution in [0, 0.1) is 6.92 Å². The Labute approximate surface area is 132 Å². The van der Waals surface area contributed by atoms with Gasteiger partial charge in [-0.3, -0.25) is 4.79 Å². The Kier molecular flexibility index (Phi) is 4.96. The molecular formula is C16H17BrN2O2. The summed E-state index contributed by atoms with van der Waals surface area (Å²) in [6.07, 6.45) is 1.62. The van der Waals surface area contributed by atoms with Crippen molar-refractivity contribution in [3.63, 3.8) is 0 Å². The van der Waals surface area contributed by atoms with Gasteiger partial charge in [-0.05, 0) is 61.0 Å². The highest BCUT2D eigenvalue weighted by atomic mass is 79.9. The first-order chi connectivity index (χ1) is 9.97. The third-order valence-electron chi connectivity index (χ3n) is 2.73. The number of nitrogens with one attached hydrogen (secondary N) is 1. The van der Waals surface area contributed by atoms with Gasteiger partial charge in [-0.25, -0.2) is 4.98 Å². The first-order valence-electron chi connectivity index (χ1n) is 6.66. The van der Waals surface area contributed by atoms with Crippen LogP contribution in [0.2, 0.25) is 0 Å². The molecule has 1 aromatic heterocycles. The van der Waals surface area contributed by atoms with Crippen LogP contribution in [0.25, 0.3) is 0 Å². The summed E-state index contributed by atoms with van der Waals surface area (Å²) in [5, 5.41) is 2.84. The molecule has 0 bridgehead atoms. The Bertz CT molecular complexity index is 656. The first kappa shape index (κ1) is 15.5. The van der Waals surface area contributed by atoms with E-state index in [4.69, 9.17) is 4.74 Å². The van der Waals surface area contributed by atoms with E-state index in [0.717, 1.165) is 10.0 Å². The molecule has 2 rings (SSSR count). The van der Waals surface area contributed by atoms with E-state index in [1.807, 2.05) is 39.0 Å². The first-order valence-corrected chi connectivity index (χ1v) is 7.46. The van der Waals surface area contributed by atoms with Gasteiger partial charge in [0.2, 0.25) is 5.88 Å². The lowest BCUT2D eigenvalue weighted by Gasteiger charge is -2.14. The lowest BCUT2D eigenvalue weighted by atomic mass is 10.1. The van der Waals surface area contributed by atoms with Gasteiger partial charge in [-0.15, -0.1) is 0 Å². The standard InChI is InChI=1S/C16H17BrN2O2/c1-10(2)21-16-14(5-4-8-18-16)19-15(20)12-9-11(3)6-7-13(12)17/h4-10H,1-3H3,(H,19,20). The van der Waals surface area contributed by atoms with Crippen molar-refractivity contribution in [2.45, 2.75) is 26.9 Å². The van der Waals surface area contributed by atoms with Gasteiger partial charge in [-0.1, -0.05) is 11.6 Å². The van der Waals surface area contributed by atoms with E-state index < -0.39 is 0 Å². The number of aromatic nitrogens is 1. The van der Waals surface area contributed by atoms with Crippen LogP contribution in [-0.4, -0.2) is 17.0 Å². The number of hydrogen-bond acceptors (Lipinski definition) is 3. The van der Waals surface area contributed by atoms with Crippen molar-refractivity contribution in [1.82, 2.24) is 4.98 Å². The molecule has 1 aromatic carbocycles. The maximum absolute atomic E-state index is 12.4. The fourth-order valence-electron chi connectivity index (χ4n) is 1.81. The number of carbonyl (C=O) groups excluding carboxylic acids is 1. The van der Waals surface area contributed by atoms with E-state index in [1.165, 1.54) is 0 Å². The third kappa shape index (κ3) is 4.04. The highest BCUT2D eigenvalue weighted by Crippen LogP contribution is 2.24. The summed E-state index contributed by atoms with van der Waals surface area (Å²) in [5.41, 5.74) is 2.16. The quantitative estimate of drug-likeness (QED) is 0.900. The van der Waals surface area contributed by atoms with Gasteiger partial charge in [0.1, 0.15) is 5.69 Å². The van der Waals surface area contributed by atoms with E-state index in [1.54, 1.807) is 18.3 Å². The zero-order valence-electron chi connectivity index (χ0n) is 12.2. The molecule has 0 unspecified atom stereocenters. The summed E-state index contributed by atoms with van der Waals surface area (Å²) in [5.74, 6) is 0.219. The highest BCUT2D eigenvalue weighted by Gasteiger charge is 2.14. The number of benzene rings is 1. The monoisotopic (exact) mass is 348 g/mol. The van der Waals surface area contributed by atoms with Crippen LogP contribution >= 0.6 is 15.9 Å². The summed E-state index contributed by atoms with van der Waals surface area (Å²) < 4.78 is 6.35. The number of amides is 1. The van der Waals surface area contributed by atoms with Gasteiger partial charge in [0.25, 0.3) is 5.91 Å². The van der Waals surface area contributed by atoms with Crippen LogP contribution in [0.4, 0.5) is 5.69 Å². The molecule has 0 fully saturated rings. The Morgan fingerprint density at radius 3 is 2.81 bits per heavy atom. The summed E-state index contributed by atoms with van der Waals surface area (Å²) in [6, 6.07) is 9.16. The minimum Gasteiger partial charge on any atom is -0.473 e. The number of halogens is 1. The third-order valence-corrected chi connectivity index (χ3v) is 3.42. The Hall–Kier alpha value is -1.88. The van der Waals surface area contributed by atoms with Gasteiger partial charge in [-0.2, -0.15) is 0 Å². The van der Waals surface area contributed by atoms with Crippen molar-refractivity contribution in [1.29, 1.82) is 0 Å². The van der Waals surface area contributed by atoms with E-state index in [2.05, 4.69) is 26.2 Å². The van der Waals surface area contributed by atoms with Crippen LogP contribution in [0.5, 0.6) is 5.88 Å². The second-order valence-electron chi connectivity index (χ2n) is 4.96. The van der Waals surface area contributed by atoms with E-state index >= 15 is 0 Å². The predicted molar refractivity (Wildman–Crippen MR) is 86.8 cm³/mol. The normalized spacial score (nSPS) is 10.5. The molecule has 1 N–H and O–H groups in total. The molecule has 21 heavy (non-hydrogen) atoms. The number of hydrogen-bond donors (Lipinski definition) is 1. The molecular weight excluding hydrogens is 332 g/mol. The number of aryl methyl sites for hydroxylation is 1. The Balaban J connectivity index is 2.25. The fraction of sp³-hybridized carbons (Fsp3) is 0.250. The number of pyridine rings is 1. The zero-order valence-corrected chi connectivity index (χ0v) is 13.8. The maximum atomic E-state index is 12.4. The van der Waals surface area contributed by atoms with Crippen molar-refractivity contribution in [2.75, 3.05) is 5.32 Å². The van der Waals surface area contributed by atoms with Gasteiger partial charge in [0.15, 0.2) is 0 Å². The number of rotatable bonds is 4. The summed E-state index contributed by atoms with van der Waals surface area (Å²) in [7, 11) is 0. The number of ether oxygens (including phenoxy) is 1. The average Bonchev–Trinajstić information content (AvgIpc) is 2.43. The molecule has 0 saturated heterocycles. The highest BCUT2D eigenvalue weighted by molar-refractivity contribution is 9.10. The molecule has 2 aromatic rings. The lowest BCUT2D eigenvalue weighted by molar-refractivity contribution is 0.102. The number of carbonyl (C=O) groups is 1. The van der Waals surface area contributed by atoms with Crippen LogP contribution in [0.1, 0.15) is 29.8 Å². The van der Waals surface area contributed by atoms with Crippen LogP contribution < -0.4 is 10.1 Å². The van der Waals surface area contributed by atoms with Crippen molar-refractivity contribution < 1.29 is 9.53 Å². The van der Waals surface area contributed by atoms with Crippen molar-refractivity contribution >= 4 is 27.5 Å². The molecule has 0 atom stereocenters. The molecule has 0 aliphatic carbocycles. The smallest absolute Gasteiger partial charge is 0.256 e. The summed E-state index contributed by atoms with van der Waals surface area (Å²) in [6.45, 7) is 5.77. The van der Waals surface area contributed by atoms with Gasteiger partial charge < -0.3 is 10.1 Å². The minimum atomic E-state index is -0.202. The maximum Gasteiger partial charge on any atom is 0.256 e. The second kappa shape index (κ2) is 6.72. The molecule has 0 saturated carbocycles. The minimum absolute atomic E-state index is 0.0127. The zero-order chi connectivity index (χ0) is 15.4. The summed E-state index contributed by atoms with van der Waals surface area (Å²) >= 11 is 3.40. The molecule has 0 spiro atoms. The van der Waals surface area contributed by atoms with Crippen molar-refractivity contribution in [2.24, 2.45) is 0 Å². The van der Waals surface area contributed by atoms with Crippen LogP contribution in [0.3, 0.4) is 0 Å². The molecule has 5 heteroatoms. The average molecular weight is 349 g/mol. The molecule has 0 aliphatic rings. The van der Waals surface area contributed by atoms with Gasteiger partial charge in [0.05, 0.1) is 11.7 Å². The Morgan fingerprint density at radius 2 is 2.10 bits per heavy atom. The molecule has 4 nitrogen and oxygen atoms in total. The Morgan fingerprint density at radius 1 is 1.33 bits per heavy atom. The molecule has 0 radical (unpaired) electrons. The largest absolute Gasteiger partial charge is 0.473 e. The number of nitrogens with zero attached hydrogens (tertiary/aromatic N) is 1. The fourth-order valence-corrected chi connectivity index (χ4v) is 2.23. The molecule has 0 aliphatic heterocycles. The molecule has 1 amide bonds. The van der Waals surface area contributed by atoms with E-state index in [0.29, 0.717) is 17.1 Å². The van der Waals surface area contributed by atoms with E-state index in [9.17, 15) is 4.79 Å². The SMILES string of the molecule is Cc1ccc(Br)c(C(=O)Nc2cccnc2OC(C)C)c1. The molecule has 110 valence electrons. The lowest BCUT2D eigenvalue weighted by Crippen LogP contribution is -2.15. The molecule has 1 heterocycles. The van der Waals surface area contributed by atoms with Gasteiger partial charge in [0, 0.05) is 10.7 Å². The number of anilines is 1. The predicted octanol–water partition coefficient (Wildman–Crippen LogP) is 4.19. The second-order valence-corrected chi connectivity index (χ2v) is 5.81. The van der Waals surface area contributed by atoms with E-state index in [-0.39, 0.29) is 12.0 Å². The topological polar surface area (TPSA) is 51.2 Å². The summed E-state index contributed by atoms with van der Waals surface area (Å²) in [4.78, 5) is 16.6. The van der Waals surface area contributed by atoms with Gasteiger partial charge >= 0.3 is 0 Å². The van der Waals surface area contributed by atoms with Crippen molar-refractivity contribution in [3.8, 4) is 5.88 Å². The van der Waals surface area contributed by atoms with Crippen LogP contribution in [0.15, 0.2) is 41.0 Å². The van der Waals surface area contributed by atoms with Crippen molar-refractivity contribution in [3.05, 3.63) is 52.1 Å².